The molecule has 1 heterocycles. The number of nitrogens with zero attached hydrogens (tertiary/aromatic N) is 1. The molecule has 0 aliphatic rings. The van der Waals surface area contributed by atoms with Gasteiger partial charge in [-0.2, -0.15) is 0 Å². The Morgan fingerprint density at radius 3 is 2.72 bits per heavy atom. The maximum Gasteiger partial charge on any atom is 0.419 e. The van der Waals surface area contributed by atoms with Crippen LogP contribution in [0.25, 0.3) is 11.1 Å². The second-order valence-corrected chi connectivity index (χ2v) is 7.81. The largest absolute Gasteiger partial charge is 0.419 e. The number of sulfonamides is 1. The molecule has 0 saturated heterocycles. The van der Waals surface area contributed by atoms with E-state index in [-0.39, 0.29) is 10.5 Å². The van der Waals surface area contributed by atoms with E-state index in [1.54, 1.807) is 13.1 Å². The smallest absolute Gasteiger partial charge is 0.408 e. The zero-order valence-electron chi connectivity index (χ0n) is 14.2. The molecular weight excluding hydrogens is 340 g/mol. The summed E-state index contributed by atoms with van der Waals surface area (Å²) in [6, 6.07) is 12.6. The lowest BCUT2D eigenvalue weighted by Gasteiger charge is -2.07. The molecule has 0 radical (unpaired) electrons. The van der Waals surface area contributed by atoms with Crippen LogP contribution in [-0.2, 0) is 23.5 Å². The van der Waals surface area contributed by atoms with E-state index in [1.165, 1.54) is 27.8 Å². The second kappa shape index (κ2) is 6.85. The summed E-state index contributed by atoms with van der Waals surface area (Å²) in [6.07, 6.45) is 1.50. The molecule has 2 aromatic carbocycles. The maximum atomic E-state index is 12.4. The predicted octanol–water partition coefficient (Wildman–Crippen LogP) is 2.35. The molecule has 3 rings (SSSR count). The zero-order chi connectivity index (χ0) is 18.0. The van der Waals surface area contributed by atoms with Crippen molar-refractivity contribution in [3.8, 4) is 0 Å². The fourth-order valence-electron chi connectivity index (χ4n) is 2.73. The Balaban J connectivity index is 1.66. The van der Waals surface area contributed by atoms with Crippen LogP contribution < -0.4 is 10.5 Å². The van der Waals surface area contributed by atoms with E-state index in [0.717, 1.165) is 6.42 Å². The van der Waals surface area contributed by atoms with Gasteiger partial charge in [-0.15, -0.1) is 0 Å². The fraction of sp³-hybridized carbons (Fsp3) is 0.278. The summed E-state index contributed by atoms with van der Waals surface area (Å²) in [6.45, 7) is 2.37. The van der Waals surface area contributed by atoms with Crippen LogP contribution in [-0.4, -0.2) is 19.5 Å². The summed E-state index contributed by atoms with van der Waals surface area (Å²) in [7, 11) is -2.06. The molecule has 0 bridgehead atoms. The molecule has 6 nitrogen and oxygen atoms in total. The van der Waals surface area contributed by atoms with Crippen LogP contribution in [0.5, 0.6) is 0 Å². The zero-order valence-corrected chi connectivity index (χ0v) is 15.0. The van der Waals surface area contributed by atoms with E-state index in [4.69, 9.17) is 4.42 Å². The second-order valence-electron chi connectivity index (χ2n) is 6.05. The highest BCUT2D eigenvalue weighted by molar-refractivity contribution is 7.89. The van der Waals surface area contributed by atoms with Crippen molar-refractivity contribution >= 4 is 21.1 Å². The van der Waals surface area contributed by atoms with Crippen molar-refractivity contribution < 1.29 is 12.8 Å². The van der Waals surface area contributed by atoms with Crippen LogP contribution >= 0.6 is 0 Å². The molecular formula is C18H20N2O4S. The Morgan fingerprint density at radius 2 is 1.96 bits per heavy atom. The first-order valence-corrected chi connectivity index (χ1v) is 9.50. The molecule has 0 aliphatic carbocycles. The van der Waals surface area contributed by atoms with Gasteiger partial charge >= 0.3 is 5.76 Å². The number of hydrogen-bond donors (Lipinski definition) is 1. The Morgan fingerprint density at radius 1 is 1.16 bits per heavy atom. The number of aryl methyl sites for hydroxylation is 3. The standard InChI is InChI=1S/C18H20N2O4S/c1-13-5-3-6-14(11-13)7-4-10-19-25(22,23)15-8-9-16-17(12-15)24-18(21)20(16)2/h3,5-6,8-9,11-12,19H,4,7,10H2,1-2H3. The van der Waals surface area contributed by atoms with Gasteiger partial charge in [0.1, 0.15) is 0 Å². The molecule has 0 unspecified atom stereocenters. The van der Waals surface area contributed by atoms with Crippen molar-refractivity contribution in [3.63, 3.8) is 0 Å². The third-order valence-corrected chi connectivity index (χ3v) is 5.55. The molecule has 3 aromatic rings. The van der Waals surface area contributed by atoms with Gasteiger partial charge in [-0.05, 0) is 37.5 Å². The number of aromatic nitrogens is 1. The summed E-state index contributed by atoms with van der Waals surface area (Å²) in [5, 5.41) is 0. The quantitative estimate of drug-likeness (QED) is 0.684. The van der Waals surface area contributed by atoms with Crippen molar-refractivity contribution in [2.24, 2.45) is 7.05 Å². The van der Waals surface area contributed by atoms with Crippen molar-refractivity contribution in [3.05, 3.63) is 64.1 Å². The Labute approximate surface area is 146 Å². The summed E-state index contributed by atoms with van der Waals surface area (Å²) in [5.74, 6) is -0.518. The Kier molecular flexibility index (Phi) is 4.78. The first-order chi connectivity index (χ1) is 11.9. The van der Waals surface area contributed by atoms with Crippen LogP contribution in [0.1, 0.15) is 17.5 Å². The number of rotatable bonds is 6. The highest BCUT2D eigenvalue weighted by atomic mass is 32.2. The van der Waals surface area contributed by atoms with Crippen molar-refractivity contribution in [2.75, 3.05) is 6.54 Å². The predicted molar refractivity (Wildman–Crippen MR) is 96.1 cm³/mol. The number of oxazole rings is 1. The van der Waals surface area contributed by atoms with Gasteiger partial charge in [0.2, 0.25) is 10.0 Å². The molecule has 0 saturated carbocycles. The lowest BCUT2D eigenvalue weighted by Crippen LogP contribution is -2.25. The van der Waals surface area contributed by atoms with Crippen LogP contribution in [0.2, 0.25) is 0 Å². The number of benzene rings is 2. The highest BCUT2D eigenvalue weighted by Crippen LogP contribution is 2.18. The lowest BCUT2D eigenvalue weighted by atomic mass is 10.1. The highest BCUT2D eigenvalue weighted by Gasteiger charge is 2.16. The molecule has 0 amide bonds. The average molecular weight is 360 g/mol. The molecule has 0 spiro atoms. The molecule has 0 fully saturated rings. The van der Waals surface area contributed by atoms with Crippen molar-refractivity contribution in [1.29, 1.82) is 0 Å². The normalized spacial score (nSPS) is 11.9. The first kappa shape index (κ1) is 17.4. The minimum absolute atomic E-state index is 0.0879. The SMILES string of the molecule is Cc1cccc(CCCNS(=O)(=O)c2ccc3c(c2)oc(=O)n3C)c1. The number of nitrogens with one attached hydrogen (secondary N) is 1. The van der Waals surface area contributed by atoms with Gasteiger partial charge in [0.25, 0.3) is 0 Å². The molecule has 1 aromatic heterocycles. The van der Waals surface area contributed by atoms with Gasteiger partial charge < -0.3 is 4.42 Å². The molecule has 132 valence electrons. The van der Waals surface area contributed by atoms with Gasteiger partial charge in [0.05, 0.1) is 10.4 Å². The van der Waals surface area contributed by atoms with Gasteiger partial charge in [0.15, 0.2) is 5.58 Å². The summed E-state index contributed by atoms with van der Waals surface area (Å²) >= 11 is 0. The van der Waals surface area contributed by atoms with E-state index in [9.17, 15) is 13.2 Å². The van der Waals surface area contributed by atoms with Crippen molar-refractivity contribution in [1.82, 2.24) is 9.29 Å². The summed E-state index contributed by atoms with van der Waals surface area (Å²) in [4.78, 5) is 11.6. The van der Waals surface area contributed by atoms with Gasteiger partial charge in [-0.3, -0.25) is 4.57 Å². The van der Waals surface area contributed by atoms with Crippen molar-refractivity contribution in [2.45, 2.75) is 24.7 Å². The first-order valence-electron chi connectivity index (χ1n) is 8.01. The molecule has 1 N–H and O–H groups in total. The van der Waals surface area contributed by atoms with E-state index in [2.05, 4.69) is 10.8 Å². The Bertz CT molecular complexity index is 1060. The van der Waals surface area contributed by atoms with Gasteiger partial charge in [0, 0.05) is 19.7 Å². The molecule has 0 atom stereocenters. The topological polar surface area (TPSA) is 81.3 Å². The minimum atomic E-state index is -3.64. The average Bonchev–Trinajstić information content (AvgIpc) is 2.86. The van der Waals surface area contributed by atoms with E-state index < -0.39 is 15.8 Å². The molecule has 25 heavy (non-hydrogen) atoms. The monoisotopic (exact) mass is 360 g/mol. The molecule has 7 heteroatoms. The number of fused-ring (bicyclic) bond motifs is 1. The van der Waals surface area contributed by atoms with Crippen LogP contribution in [0.15, 0.2) is 56.6 Å². The number of hydrogen-bond acceptors (Lipinski definition) is 4. The van der Waals surface area contributed by atoms with Crippen LogP contribution in [0, 0.1) is 6.92 Å². The lowest BCUT2D eigenvalue weighted by molar-refractivity contribution is 0.527. The van der Waals surface area contributed by atoms with Gasteiger partial charge in [-0.25, -0.2) is 17.9 Å². The summed E-state index contributed by atoms with van der Waals surface area (Å²) < 4.78 is 33.8. The summed E-state index contributed by atoms with van der Waals surface area (Å²) in [5.41, 5.74) is 3.20. The maximum absolute atomic E-state index is 12.4. The van der Waals surface area contributed by atoms with E-state index in [1.807, 2.05) is 25.1 Å². The molecule has 0 aliphatic heterocycles. The van der Waals surface area contributed by atoms with E-state index >= 15 is 0 Å². The minimum Gasteiger partial charge on any atom is -0.408 e. The fourth-order valence-corrected chi connectivity index (χ4v) is 3.82. The third-order valence-electron chi connectivity index (χ3n) is 4.09. The van der Waals surface area contributed by atoms with Crippen LogP contribution in [0.3, 0.4) is 0 Å². The van der Waals surface area contributed by atoms with E-state index in [0.29, 0.717) is 18.5 Å². The third kappa shape index (κ3) is 3.83. The Hall–Kier alpha value is -2.38. The van der Waals surface area contributed by atoms with Gasteiger partial charge in [-0.1, -0.05) is 29.8 Å². The van der Waals surface area contributed by atoms with Crippen LogP contribution in [0.4, 0.5) is 0 Å².